The van der Waals surface area contributed by atoms with E-state index < -0.39 is 0 Å². The van der Waals surface area contributed by atoms with Gasteiger partial charge in [0.1, 0.15) is 5.75 Å². The maximum Gasteiger partial charge on any atom is 0.281 e. The average Bonchev–Trinajstić information content (AvgIpc) is 2.75. The Morgan fingerprint density at radius 3 is 2.25 bits per heavy atom. The first-order chi connectivity index (χ1) is 13.7. The van der Waals surface area contributed by atoms with Crippen LogP contribution in [0.4, 0.5) is 0 Å². The Labute approximate surface area is 158 Å². The van der Waals surface area contributed by atoms with Crippen LogP contribution in [-0.2, 0) is 0 Å². The molecule has 3 aromatic carbocycles. The summed E-state index contributed by atoms with van der Waals surface area (Å²) in [6.07, 6.45) is 0. The Balaban J connectivity index is 2.06. The topological polar surface area (TPSA) is 65.6 Å². The highest BCUT2D eigenvalue weighted by Crippen LogP contribution is 2.20. The fourth-order valence-electron chi connectivity index (χ4n) is 3.51. The molecule has 5 aromatic rings. The van der Waals surface area contributed by atoms with E-state index in [2.05, 4.69) is 4.98 Å². The molecular weight excluding hydrogens is 354 g/mol. The minimum absolute atomic E-state index is 0.0956. The maximum atomic E-state index is 13.3. The van der Waals surface area contributed by atoms with E-state index in [0.717, 1.165) is 5.69 Å². The number of aromatic nitrogens is 3. The maximum absolute atomic E-state index is 13.3. The quantitative estimate of drug-likeness (QED) is 0.448. The van der Waals surface area contributed by atoms with Crippen LogP contribution in [0, 0.1) is 0 Å². The van der Waals surface area contributed by atoms with Crippen LogP contribution in [0.3, 0.4) is 0 Å². The van der Waals surface area contributed by atoms with Gasteiger partial charge in [0.25, 0.3) is 5.56 Å². The summed E-state index contributed by atoms with van der Waals surface area (Å²) in [6, 6.07) is 21.6. The summed E-state index contributed by atoms with van der Waals surface area (Å²) in [5.74, 6) is 0.703. The third kappa shape index (κ3) is 2.24. The van der Waals surface area contributed by atoms with Crippen molar-refractivity contribution in [2.45, 2.75) is 0 Å². The Bertz CT molecular complexity index is 1480. The second-order valence-corrected chi connectivity index (χ2v) is 6.43. The summed E-state index contributed by atoms with van der Waals surface area (Å²) in [6.45, 7) is 0. The standard InChI is InChI=1S/C22H15N3O3/c1-28-15-12-10-14(11-13-15)24-19-9-5-3-7-17(19)20(26)21-23-18-8-4-2-6-16(18)22(27)25(21)24/h2-13H,1H3. The second-order valence-electron chi connectivity index (χ2n) is 6.43. The Morgan fingerprint density at radius 2 is 1.50 bits per heavy atom. The predicted molar refractivity (Wildman–Crippen MR) is 109 cm³/mol. The SMILES string of the molecule is COc1ccc(-n2c3ccccc3c(=O)c3nc4ccccc4c(=O)n32)cc1. The molecule has 0 aliphatic rings. The van der Waals surface area contributed by atoms with Crippen molar-refractivity contribution in [1.82, 2.24) is 14.2 Å². The molecule has 0 spiro atoms. The zero-order valence-corrected chi connectivity index (χ0v) is 15.0. The van der Waals surface area contributed by atoms with Crippen molar-refractivity contribution in [3.05, 3.63) is 93.4 Å². The molecule has 0 N–H and O–H groups in total. The fourth-order valence-corrected chi connectivity index (χ4v) is 3.51. The van der Waals surface area contributed by atoms with E-state index in [1.165, 1.54) is 4.52 Å². The van der Waals surface area contributed by atoms with Crippen LogP contribution in [-0.4, -0.2) is 21.3 Å². The molecule has 28 heavy (non-hydrogen) atoms. The average molecular weight is 369 g/mol. The molecule has 0 aliphatic heterocycles. The van der Waals surface area contributed by atoms with Gasteiger partial charge in [0.15, 0.2) is 0 Å². The molecule has 0 saturated carbocycles. The number of para-hydroxylation sites is 2. The molecule has 0 atom stereocenters. The molecule has 0 bridgehead atoms. The van der Waals surface area contributed by atoms with Crippen LogP contribution in [0.1, 0.15) is 0 Å². The highest BCUT2D eigenvalue weighted by atomic mass is 16.5. The van der Waals surface area contributed by atoms with E-state index in [0.29, 0.717) is 27.6 Å². The predicted octanol–water partition coefficient (Wildman–Crippen LogP) is 3.16. The number of hydrogen-bond donors (Lipinski definition) is 0. The van der Waals surface area contributed by atoms with Gasteiger partial charge in [-0.1, -0.05) is 24.3 Å². The highest BCUT2D eigenvalue weighted by molar-refractivity contribution is 5.85. The number of fused-ring (bicyclic) bond motifs is 3. The molecule has 5 rings (SSSR count). The first-order valence-electron chi connectivity index (χ1n) is 8.79. The molecule has 0 aliphatic carbocycles. The Kier molecular flexibility index (Phi) is 3.52. The number of methoxy groups -OCH3 is 1. The van der Waals surface area contributed by atoms with Crippen molar-refractivity contribution in [3.63, 3.8) is 0 Å². The third-order valence-corrected chi connectivity index (χ3v) is 4.85. The van der Waals surface area contributed by atoms with Crippen molar-refractivity contribution in [2.75, 3.05) is 7.11 Å². The number of nitrogens with zero attached hydrogens (tertiary/aromatic N) is 3. The summed E-state index contributed by atoms with van der Waals surface area (Å²) in [4.78, 5) is 31.0. The lowest BCUT2D eigenvalue weighted by Gasteiger charge is -2.16. The van der Waals surface area contributed by atoms with Gasteiger partial charge in [-0.2, -0.15) is 4.52 Å². The van der Waals surface area contributed by atoms with E-state index in [4.69, 9.17) is 4.74 Å². The summed E-state index contributed by atoms with van der Waals surface area (Å²) in [5, 5.41) is 0.956. The molecule has 0 radical (unpaired) electrons. The van der Waals surface area contributed by atoms with Crippen LogP contribution in [0.25, 0.3) is 33.1 Å². The summed E-state index contributed by atoms with van der Waals surface area (Å²) >= 11 is 0. The third-order valence-electron chi connectivity index (χ3n) is 4.85. The van der Waals surface area contributed by atoms with Crippen molar-refractivity contribution in [2.24, 2.45) is 0 Å². The van der Waals surface area contributed by atoms with Gasteiger partial charge in [-0.15, -0.1) is 0 Å². The van der Waals surface area contributed by atoms with Gasteiger partial charge in [-0.25, -0.2) is 9.67 Å². The lowest BCUT2D eigenvalue weighted by molar-refractivity contribution is 0.414. The minimum Gasteiger partial charge on any atom is -0.497 e. The molecule has 0 saturated heterocycles. The Hall–Kier alpha value is -3.93. The number of benzene rings is 3. The fraction of sp³-hybridized carbons (Fsp3) is 0.0455. The zero-order valence-electron chi connectivity index (χ0n) is 15.0. The first kappa shape index (κ1) is 16.3. The van der Waals surface area contributed by atoms with Crippen LogP contribution in [0.15, 0.2) is 82.4 Å². The van der Waals surface area contributed by atoms with Crippen LogP contribution in [0.2, 0.25) is 0 Å². The molecule has 6 heteroatoms. The molecule has 0 fully saturated rings. The lowest BCUT2D eigenvalue weighted by atomic mass is 10.2. The number of hydrogen-bond acceptors (Lipinski definition) is 4. The zero-order chi connectivity index (χ0) is 19.3. The summed E-state index contributed by atoms with van der Waals surface area (Å²) in [5.41, 5.74) is 1.38. The van der Waals surface area contributed by atoms with Crippen molar-refractivity contribution >= 4 is 27.5 Å². The lowest BCUT2D eigenvalue weighted by Crippen LogP contribution is -2.29. The summed E-state index contributed by atoms with van der Waals surface area (Å²) in [7, 11) is 1.60. The summed E-state index contributed by atoms with van der Waals surface area (Å²) < 4.78 is 8.33. The highest BCUT2D eigenvalue weighted by Gasteiger charge is 2.16. The number of rotatable bonds is 2. The van der Waals surface area contributed by atoms with Crippen LogP contribution < -0.4 is 15.7 Å². The smallest absolute Gasteiger partial charge is 0.281 e. The van der Waals surface area contributed by atoms with Gasteiger partial charge in [0.2, 0.25) is 11.1 Å². The molecule has 0 unspecified atom stereocenters. The van der Waals surface area contributed by atoms with Crippen molar-refractivity contribution in [1.29, 1.82) is 0 Å². The molecule has 0 amide bonds. The van der Waals surface area contributed by atoms with Gasteiger partial charge in [-0.05, 0) is 48.5 Å². The van der Waals surface area contributed by atoms with Gasteiger partial charge in [-0.3, -0.25) is 9.59 Å². The molecule has 136 valence electrons. The van der Waals surface area contributed by atoms with E-state index in [-0.39, 0.29) is 16.6 Å². The molecule has 2 heterocycles. The molecule has 6 nitrogen and oxygen atoms in total. The van der Waals surface area contributed by atoms with E-state index in [1.54, 1.807) is 48.2 Å². The molecule has 2 aromatic heterocycles. The second kappa shape index (κ2) is 6.06. The van der Waals surface area contributed by atoms with Crippen LogP contribution in [0.5, 0.6) is 5.75 Å². The van der Waals surface area contributed by atoms with Crippen molar-refractivity contribution in [3.8, 4) is 11.4 Å². The van der Waals surface area contributed by atoms with Crippen molar-refractivity contribution < 1.29 is 4.74 Å². The van der Waals surface area contributed by atoms with Gasteiger partial charge < -0.3 is 4.74 Å². The van der Waals surface area contributed by atoms with Crippen LogP contribution >= 0.6 is 0 Å². The van der Waals surface area contributed by atoms with E-state index >= 15 is 0 Å². The van der Waals surface area contributed by atoms with E-state index in [1.807, 2.05) is 36.4 Å². The number of ether oxygens (including phenoxy) is 1. The van der Waals surface area contributed by atoms with Gasteiger partial charge >= 0.3 is 0 Å². The molecular formula is C22H15N3O3. The largest absolute Gasteiger partial charge is 0.497 e. The normalized spacial score (nSPS) is 11.3. The van der Waals surface area contributed by atoms with Gasteiger partial charge in [0, 0.05) is 0 Å². The monoisotopic (exact) mass is 369 g/mol. The first-order valence-corrected chi connectivity index (χ1v) is 8.79. The minimum atomic E-state index is -0.292. The Morgan fingerprint density at radius 1 is 0.821 bits per heavy atom. The van der Waals surface area contributed by atoms with E-state index in [9.17, 15) is 9.59 Å². The van der Waals surface area contributed by atoms with Gasteiger partial charge in [0.05, 0.1) is 34.6 Å².